The molecule has 0 spiro atoms. The van der Waals surface area contributed by atoms with E-state index in [0.29, 0.717) is 22.1 Å². The molecule has 0 saturated heterocycles. The SMILES string of the molecule is COc1ccc(Cc2nnc(NC(=O)c3ccc(Cl)cc3)s2)cc1. The summed E-state index contributed by atoms with van der Waals surface area (Å²) >= 11 is 7.17. The predicted molar refractivity (Wildman–Crippen MR) is 95.1 cm³/mol. The lowest BCUT2D eigenvalue weighted by Crippen LogP contribution is -2.11. The molecule has 3 aromatic rings. The second-order valence-electron chi connectivity index (χ2n) is 4.99. The Labute approximate surface area is 148 Å². The molecule has 1 N–H and O–H groups in total. The molecule has 1 heterocycles. The van der Waals surface area contributed by atoms with Crippen molar-refractivity contribution in [1.82, 2.24) is 10.2 Å². The summed E-state index contributed by atoms with van der Waals surface area (Å²) in [6.07, 6.45) is 0.651. The van der Waals surface area contributed by atoms with Gasteiger partial charge in [0.2, 0.25) is 5.13 Å². The number of nitrogens with zero attached hydrogens (tertiary/aromatic N) is 2. The molecule has 1 aromatic heterocycles. The zero-order chi connectivity index (χ0) is 16.9. The lowest BCUT2D eigenvalue weighted by Gasteiger charge is -2.01. The number of carbonyl (C=O) groups is 1. The molecule has 3 rings (SSSR count). The molecule has 0 fully saturated rings. The quantitative estimate of drug-likeness (QED) is 0.746. The molecule has 7 heteroatoms. The number of benzene rings is 2. The summed E-state index contributed by atoms with van der Waals surface area (Å²) in [5.74, 6) is 0.575. The van der Waals surface area contributed by atoms with Crippen LogP contribution in [0.5, 0.6) is 5.75 Å². The van der Waals surface area contributed by atoms with E-state index in [0.717, 1.165) is 16.3 Å². The van der Waals surface area contributed by atoms with E-state index in [1.807, 2.05) is 24.3 Å². The maximum absolute atomic E-state index is 12.1. The normalized spacial score (nSPS) is 10.4. The highest BCUT2D eigenvalue weighted by Gasteiger charge is 2.10. The van der Waals surface area contributed by atoms with Crippen molar-refractivity contribution < 1.29 is 9.53 Å². The third kappa shape index (κ3) is 4.10. The molecule has 122 valence electrons. The van der Waals surface area contributed by atoms with Crippen LogP contribution in [-0.2, 0) is 6.42 Å². The minimum absolute atomic E-state index is 0.237. The number of nitrogens with one attached hydrogen (secondary N) is 1. The average Bonchev–Trinajstić information content (AvgIpc) is 3.03. The number of aromatic nitrogens is 2. The van der Waals surface area contributed by atoms with Gasteiger partial charge in [0, 0.05) is 17.0 Å². The van der Waals surface area contributed by atoms with E-state index in [-0.39, 0.29) is 5.91 Å². The fourth-order valence-electron chi connectivity index (χ4n) is 2.06. The molecule has 24 heavy (non-hydrogen) atoms. The van der Waals surface area contributed by atoms with Gasteiger partial charge in [0.25, 0.3) is 5.91 Å². The van der Waals surface area contributed by atoms with Gasteiger partial charge < -0.3 is 4.74 Å². The molecule has 0 atom stereocenters. The lowest BCUT2D eigenvalue weighted by atomic mass is 10.1. The number of amides is 1. The molecule has 0 saturated carbocycles. The van der Waals surface area contributed by atoms with Crippen molar-refractivity contribution in [1.29, 1.82) is 0 Å². The van der Waals surface area contributed by atoms with Crippen molar-refractivity contribution in [2.75, 3.05) is 12.4 Å². The van der Waals surface area contributed by atoms with Gasteiger partial charge in [0.15, 0.2) is 0 Å². The molecule has 5 nitrogen and oxygen atoms in total. The molecule has 0 unspecified atom stereocenters. The summed E-state index contributed by atoms with van der Waals surface area (Å²) in [4.78, 5) is 12.1. The first-order chi connectivity index (χ1) is 11.6. The highest BCUT2D eigenvalue weighted by Crippen LogP contribution is 2.21. The number of halogens is 1. The van der Waals surface area contributed by atoms with Crippen LogP contribution in [0.25, 0.3) is 0 Å². The second kappa shape index (κ2) is 7.42. The fraction of sp³-hybridized carbons (Fsp3) is 0.118. The summed E-state index contributed by atoms with van der Waals surface area (Å²) in [7, 11) is 1.63. The van der Waals surface area contributed by atoms with E-state index >= 15 is 0 Å². The maximum atomic E-state index is 12.1. The average molecular weight is 360 g/mol. The van der Waals surface area contributed by atoms with Crippen LogP contribution in [0.2, 0.25) is 5.02 Å². The number of methoxy groups -OCH3 is 1. The molecular weight excluding hydrogens is 346 g/mol. The van der Waals surface area contributed by atoms with Crippen LogP contribution in [0.4, 0.5) is 5.13 Å². The first kappa shape index (κ1) is 16.4. The van der Waals surface area contributed by atoms with Crippen LogP contribution in [0.3, 0.4) is 0 Å². The van der Waals surface area contributed by atoms with Crippen LogP contribution in [-0.4, -0.2) is 23.2 Å². The van der Waals surface area contributed by atoms with Crippen LogP contribution in [0.15, 0.2) is 48.5 Å². The Morgan fingerprint density at radius 3 is 2.50 bits per heavy atom. The van der Waals surface area contributed by atoms with E-state index in [2.05, 4.69) is 15.5 Å². The summed E-state index contributed by atoms with van der Waals surface area (Å²) in [5.41, 5.74) is 1.62. The van der Waals surface area contributed by atoms with Gasteiger partial charge in [-0.25, -0.2) is 0 Å². The monoisotopic (exact) mass is 359 g/mol. The van der Waals surface area contributed by atoms with Crippen LogP contribution < -0.4 is 10.1 Å². The molecule has 0 aliphatic rings. The number of rotatable bonds is 5. The van der Waals surface area contributed by atoms with Crippen molar-refractivity contribution in [3.8, 4) is 5.75 Å². The third-order valence-electron chi connectivity index (χ3n) is 3.31. The van der Waals surface area contributed by atoms with Gasteiger partial charge >= 0.3 is 0 Å². The zero-order valence-corrected chi connectivity index (χ0v) is 14.4. The first-order valence-corrected chi connectivity index (χ1v) is 8.36. The van der Waals surface area contributed by atoms with Crippen molar-refractivity contribution in [3.05, 3.63) is 69.7 Å². The Morgan fingerprint density at radius 1 is 1.12 bits per heavy atom. The van der Waals surface area contributed by atoms with Gasteiger partial charge in [0.1, 0.15) is 10.8 Å². The molecule has 1 amide bonds. The van der Waals surface area contributed by atoms with Gasteiger partial charge in [-0.05, 0) is 42.0 Å². The van der Waals surface area contributed by atoms with Crippen molar-refractivity contribution >= 4 is 34.0 Å². The van der Waals surface area contributed by atoms with Gasteiger partial charge in [-0.1, -0.05) is 35.1 Å². The molecule has 2 aromatic carbocycles. The zero-order valence-electron chi connectivity index (χ0n) is 12.8. The van der Waals surface area contributed by atoms with Crippen LogP contribution >= 0.6 is 22.9 Å². The summed E-state index contributed by atoms with van der Waals surface area (Å²) in [5, 5.41) is 12.8. The van der Waals surface area contributed by atoms with Gasteiger partial charge in [0.05, 0.1) is 7.11 Å². The number of hydrogen-bond acceptors (Lipinski definition) is 5. The Balaban J connectivity index is 1.64. The van der Waals surface area contributed by atoms with E-state index in [1.54, 1.807) is 31.4 Å². The topological polar surface area (TPSA) is 64.1 Å². The Morgan fingerprint density at radius 2 is 1.83 bits per heavy atom. The molecule has 0 radical (unpaired) electrons. The number of carbonyl (C=O) groups excluding carboxylic acids is 1. The Kier molecular flexibility index (Phi) is 5.08. The number of ether oxygens (including phenoxy) is 1. The van der Waals surface area contributed by atoms with Crippen molar-refractivity contribution in [2.45, 2.75) is 6.42 Å². The van der Waals surface area contributed by atoms with E-state index < -0.39 is 0 Å². The molecule has 0 bridgehead atoms. The molecular formula is C17H14ClN3O2S. The van der Waals surface area contributed by atoms with Crippen LogP contribution in [0.1, 0.15) is 20.9 Å². The smallest absolute Gasteiger partial charge is 0.257 e. The van der Waals surface area contributed by atoms with Gasteiger partial charge in [-0.15, -0.1) is 10.2 Å². The van der Waals surface area contributed by atoms with Gasteiger partial charge in [-0.3, -0.25) is 10.1 Å². The van der Waals surface area contributed by atoms with E-state index in [4.69, 9.17) is 16.3 Å². The van der Waals surface area contributed by atoms with Crippen LogP contribution in [0, 0.1) is 0 Å². The Bertz CT molecular complexity index is 832. The second-order valence-corrected chi connectivity index (χ2v) is 6.49. The molecule has 0 aliphatic carbocycles. The minimum Gasteiger partial charge on any atom is -0.497 e. The maximum Gasteiger partial charge on any atom is 0.257 e. The first-order valence-electron chi connectivity index (χ1n) is 7.16. The standard InChI is InChI=1S/C17H14ClN3O2S/c1-23-14-8-2-11(3-9-14)10-15-20-21-17(24-15)19-16(22)12-4-6-13(18)7-5-12/h2-9H,10H2,1H3,(H,19,21,22). The van der Waals surface area contributed by atoms with Crippen molar-refractivity contribution in [2.24, 2.45) is 0 Å². The third-order valence-corrected chi connectivity index (χ3v) is 4.40. The van der Waals surface area contributed by atoms with Crippen molar-refractivity contribution in [3.63, 3.8) is 0 Å². The fourth-order valence-corrected chi connectivity index (χ4v) is 2.96. The largest absolute Gasteiger partial charge is 0.497 e. The predicted octanol–water partition coefficient (Wildman–Crippen LogP) is 4.04. The van der Waals surface area contributed by atoms with E-state index in [1.165, 1.54) is 11.3 Å². The summed E-state index contributed by atoms with van der Waals surface area (Å²) in [6, 6.07) is 14.4. The van der Waals surface area contributed by atoms with Gasteiger partial charge in [-0.2, -0.15) is 0 Å². The Hall–Kier alpha value is -2.44. The number of hydrogen-bond donors (Lipinski definition) is 1. The number of anilines is 1. The highest BCUT2D eigenvalue weighted by atomic mass is 35.5. The molecule has 0 aliphatic heterocycles. The summed E-state index contributed by atoms with van der Waals surface area (Å²) in [6.45, 7) is 0. The summed E-state index contributed by atoms with van der Waals surface area (Å²) < 4.78 is 5.14. The minimum atomic E-state index is -0.237. The lowest BCUT2D eigenvalue weighted by molar-refractivity contribution is 0.102. The van der Waals surface area contributed by atoms with E-state index in [9.17, 15) is 4.79 Å². The highest BCUT2D eigenvalue weighted by molar-refractivity contribution is 7.15.